The standard InChI is InChI=1S/4C5H7O2.Zr/c4*1-4(6)3-5(2)7;/h4*1,3H2,2H3;. The molecule has 0 unspecified atom stereocenters. The van der Waals surface area contributed by atoms with Gasteiger partial charge in [-0.15, -0.1) is 0 Å². The molecular formula is C20H28O8Zr. The molecule has 0 saturated heterocycles. The average molecular weight is 488 g/mol. The number of Topliss-reactive ketones (excluding diaryl/α,β-unsaturated/α-hetero) is 8. The van der Waals surface area contributed by atoms with Crippen molar-refractivity contribution in [1.29, 1.82) is 0 Å². The summed E-state index contributed by atoms with van der Waals surface area (Å²) in [5.74, 6) is -3.37. The molecule has 0 amide bonds. The minimum atomic E-state index is -4.27. The molecule has 0 bridgehead atoms. The van der Waals surface area contributed by atoms with Crippen LogP contribution in [0.1, 0.15) is 53.4 Å². The zero-order valence-corrected chi connectivity index (χ0v) is 19.9. The second-order valence-electron chi connectivity index (χ2n) is 7.88. The number of rotatable bonds is 16. The maximum absolute atomic E-state index is 12.4. The van der Waals surface area contributed by atoms with Gasteiger partial charge in [0.1, 0.15) is 0 Å². The molecule has 0 radical (unpaired) electrons. The van der Waals surface area contributed by atoms with Crippen molar-refractivity contribution >= 4 is 46.3 Å². The van der Waals surface area contributed by atoms with Gasteiger partial charge in [0.25, 0.3) is 0 Å². The molecule has 0 aliphatic rings. The van der Waals surface area contributed by atoms with Gasteiger partial charge < -0.3 is 0 Å². The molecule has 0 fully saturated rings. The first-order chi connectivity index (χ1) is 13.2. The van der Waals surface area contributed by atoms with Gasteiger partial charge in [0, 0.05) is 0 Å². The second-order valence-corrected chi connectivity index (χ2v) is 18.7. The van der Waals surface area contributed by atoms with E-state index in [4.69, 9.17) is 0 Å². The molecule has 0 heterocycles. The monoisotopic (exact) mass is 486 g/mol. The van der Waals surface area contributed by atoms with Crippen molar-refractivity contribution in [2.75, 3.05) is 0 Å². The Morgan fingerprint density at radius 1 is 0.414 bits per heavy atom. The van der Waals surface area contributed by atoms with Crippen molar-refractivity contribution in [1.82, 2.24) is 0 Å². The Bertz CT molecular complexity index is 609. The van der Waals surface area contributed by atoms with E-state index in [1.165, 1.54) is 27.7 Å². The molecule has 0 aromatic carbocycles. The fraction of sp³-hybridized carbons (Fsp3) is 0.600. The van der Waals surface area contributed by atoms with E-state index in [1.807, 2.05) is 0 Å². The average Bonchev–Trinajstić information content (AvgIpc) is 2.41. The third kappa shape index (κ3) is 13.2. The van der Waals surface area contributed by atoms with E-state index in [1.54, 1.807) is 0 Å². The van der Waals surface area contributed by atoms with E-state index in [-0.39, 0.29) is 65.3 Å². The number of carbonyl (C=O) groups excluding carboxylic acids is 8. The molecule has 0 aromatic rings. The molecular weight excluding hydrogens is 459 g/mol. The van der Waals surface area contributed by atoms with Crippen LogP contribution in [-0.2, 0) is 58.6 Å². The van der Waals surface area contributed by atoms with Crippen LogP contribution >= 0.6 is 0 Å². The Hall–Kier alpha value is -1.76. The number of carbonyl (C=O) groups is 8. The Labute approximate surface area is 174 Å². The second kappa shape index (κ2) is 12.7. The molecule has 0 rings (SSSR count). The topological polar surface area (TPSA) is 137 Å². The molecule has 0 spiro atoms. The molecule has 160 valence electrons. The first kappa shape index (κ1) is 27.2. The van der Waals surface area contributed by atoms with E-state index < -0.39 is 43.4 Å². The predicted molar refractivity (Wildman–Crippen MR) is 100 cm³/mol. The van der Waals surface area contributed by atoms with Crippen LogP contribution in [0.2, 0.25) is 16.5 Å². The zero-order chi connectivity index (χ0) is 22.8. The van der Waals surface area contributed by atoms with Crippen LogP contribution in [0.15, 0.2) is 0 Å². The summed E-state index contributed by atoms with van der Waals surface area (Å²) in [6.07, 6.45) is -1.49. The first-order valence-corrected chi connectivity index (χ1v) is 16.2. The number of ketones is 8. The Kier molecular flexibility index (Phi) is 12.0. The summed E-state index contributed by atoms with van der Waals surface area (Å²) in [5.41, 5.74) is 0. The fourth-order valence-corrected chi connectivity index (χ4v) is 14.7. The van der Waals surface area contributed by atoms with Gasteiger partial charge in [0.15, 0.2) is 0 Å². The molecule has 0 aliphatic carbocycles. The van der Waals surface area contributed by atoms with Crippen molar-refractivity contribution in [3.8, 4) is 0 Å². The summed E-state index contributed by atoms with van der Waals surface area (Å²) in [5, 5.41) is 0. The summed E-state index contributed by atoms with van der Waals surface area (Å²) < 4.78 is -0.813. The summed E-state index contributed by atoms with van der Waals surface area (Å²) >= 11 is -4.27. The summed E-state index contributed by atoms with van der Waals surface area (Å²) in [7, 11) is 0. The maximum atomic E-state index is 12.4. The van der Waals surface area contributed by atoms with Crippen molar-refractivity contribution in [2.24, 2.45) is 0 Å². The Balaban J connectivity index is 5.96. The van der Waals surface area contributed by atoms with Gasteiger partial charge >= 0.3 is 175 Å². The molecule has 0 N–H and O–H groups in total. The van der Waals surface area contributed by atoms with Crippen LogP contribution < -0.4 is 0 Å². The van der Waals surface area contributed by atoms with Gasteiger partial charge in [-0.25, -0.2) is 0 Å². The van der Waals surface area contributed by atoms with Crippen molar-refractivity contribution < 1.29 is 58.6 Å². The SMILES string of the molecule is CC(=O)CC(=O)[CH2][Zr]([CH2]C(=O)CC(C)=O)([CH2]C(=O)CC(C)=O)[CH2]C(=O)CC(C)=O. The Morgan fingerprint density at radius 2 is 0.586 bits per heavy atom. The van der Waals surface area contributed by atoms with Gasteiger partial charge in [-0.1, -0.05) is 0 Å². The minimum absolute atomic E-state index is 0.203. The van der Waals surface area contributed by atoms with Gasteiger partial charge in [-0.2, -0.15) is 0 Å². The van der Waals surface area contributed by atoms with Crippen molar-refractivity contribution in [3.05, 3.63) is 0 Å². The first-order valence-electron chi connectivity index (χ1n) is 9.29. The van der Waals surface area contributed by atoms with E-state index in [0.29, 0.717) is 0 Å². The van der Waals surface area contributed by atoms with Crippen LogP contribution in [0, 0.1) is 0 Å². The molecule has 0 saturated carbocycles. The van der Waals surface area contributed by atoms with Crippen LogP contribution in [0.5, 0.6) is 0 Å². The van der Waals surface area contributed by atoms with E-state index in [9.17, 15) is 38.4 Å². The van der Waals surface area contributed by atoms with Gasteiger partial charge in [0.2, 0.25) is 0 Å². The molecule has 0 aromatic heterocycles. The fourth-order valence-electron chi connectivity index (χ4n) is 3.41. The molecule has 0 aliphatic heterocycles. The Morgan fingerprint density at radius 3 is 0.724 bits per heavy atom. The third-order valence-electron chi connectivity index (χ3n) is 4.07. The van der Waals surface area contributed by atoms with Gasteiger partial charge in [0.05, 0.1) is 0 Å². The van der Waals surface area contributed by atoms with Gasteiger partial charge in [-0.05, 0) is 0 Å². The summed E-state index contributed by atoms with van der Waals surface area (Å²) in [4.78, 5) is 94.8. The van der Waals surface area contributed by atoms with Crippen LogP contribution in [-0.4, -0.2) is 46.3 Å². The molecule has 29 heavy (non-hydrogen) atoms. The predicted octanol–water partition coefficient (Wildman–Crippen LogP) is 2.01. The van der Waals surface area contributed by atoms with Crippen LogP contribution in [0.25, 0.3) is 0 Å². The molecule has 8 nitrogen and oxygen atoms in total. The van der Waals surface area contributed by atoms with E-state index in [0.717, 1.165) is 0 Å². The molecule has 0 atom stereocenters. The van der Waals surface area contributed by atoms with Gasteiger partial charge in [-0.3, -0.25) is 0 Å². The molecule has 9 heteroatoms. The quantitative estimate of drug-likeness (QED) is 0.302. The number of hydrogen-bond acceptors (Lipinski definition) is 8. The normalized spacial score (nSPS) is 10.9. The van der Waals surface area contributed by atoms with Crippen LogP contribution in [0.4, 0.5) is 0 Å². The van der Waals surface area contributed by atoms with E-state index >= 15 is 0 Å². The van der Waals surface area contributed by atoms with Crippen molar-refractivity contribution in [2.45, 2.75) is 69.9 Å². The summed E-state index contributed by atoms with van der Waals surface area (Å²) in [6.45, 7) is 4.94. The summed E-state index contributed by atoms with van der Waals surface area (Å²) in [6, 6.07) is 0. The van der Waals surface area contributed by atoms with E-state index in [2.05, 4.69) is 0 Å². The van der Waals surface area contributed by atoms with Crippen molar-refractivity contribution in [3.63, 3.8) is 0 Å². The number of hydrogen-bond donors (Lipinski definition) is 0. The zero-order valence-electron chi connectivity index (χ0n) is 17.4. The third-order valence-corrected chi connectivity index (χ3v) is 15.3. The van der Waals surface area contributed by atoms with Crippen LogP contribution in [0.3, 0.4) is 0 Å².